The summed E-state index contributed by atoms with van der Waals surface area (Å²) in [5.74, 6) is 0. The van der Waals surface area contributed by atoms with Crippen LogP contribution in [0, 0.1) is 10.1 Å². The van der Waals surface area contributed by atoms with Gasteiger partial charge in [0.25, 0.3) is 11.2 Å². The first-order valence-corrected chi connectivity index (χ1v) is 7.17. The molecule has 1 aromatic heterocycles. The van der Waals surface area contributed by atoms with Crippen LogP contribution in [0.3, 0.4) is 0 Å². The highest BCUT2D eigenvalue weighted by molar-refractivity contribution is 5.61. The van der Waals surface area contributed by atoms with E-state index in [9.17, 15) is 20.0 Å². The average molecular weight is 302 g/mol. The van der Waals surface area contributed by atoms with Crippen LogP contribution in [-0.4, -0.2) is 14.6 Å². The molecule has 6 nitrogen and oxygen atoms in total. The SMILES string of the molecule is CCCCn1c(-c2ccc([N+](=O)[O-])cc2)ccc(CO)c1=O. The predicted octanol–water partition coefficient (Wildman–Crippen LogP) is 2.72. The van der Waals surface area contributed by atoms with E-state index in [4.69, 9.17) is 0 Å². The third-order valence-electron chi connectivity index (χ3n) is 3.53. The number of hydrogen-bond donors (Lipinski definition) is 1. The summed E-state index contributed by atoms with van der Waals surface area (Å²) in [6.45, 7) is 2.29. The third kappa shape index (κ3) is 3.23. The van der Waals surface area contributed by atoms with E-state index >= 15 is 0 Å². The highest BCUT2D eigenvalue weighted by Crippen LogP contribution is 2.22. The number of nitro groups is 1. The Morgan fingerprint density at radius 1 is 1.18 bits per heavy atom. The Labute approximate surface area is 127 Å². The first-order valence-electron chi connectivity index (χ1n) is 7.17. The van der Waals surface area contributed by atoms with Crippen molar-refractivity contribution in [2.45, 2.75) is 32.9 Å². The maximum Gasteiger partial charge on any atom is 0.269 e. The zero-order valence-corrected chi connectivity index (χ0v) is 12.4. The lowest BCUT2D eigenvalue weighted by molar-refractivity contribution is -0.384. The maximum absolute atomic E-state index is 12.4. The van der Waals surface area contributed by atoms with Crippen LogP contribution in [0.15, 0.2) is 41.2 Å². The summed E-state index contributed by atoms with van der Waals surface area (Å²) >= 11 is 0. The van der Waals surface area contributed by atoms with Crippen molar-refractivity contribution in [3.63, 3.8) is 0 Å². The van der Waals surface area contributed by atoms with Crippen LogP contribution >= 0.6 is 0 Å². The van der Waals surface area contributed by atoms with Crippen LogP contribution in [0.2, 0.25) is 0 Å². The summed E-state index contributed by atoms with van der Waals surface area (Å²) in [5.41, 5.74) is 1.58. The monoisotopic (exact) mass is 302 g/mol. The van der Waals surface area contributed by atoms with Crippen LogP contribution in [0.1, 0.15) is 25.3 Å². The molecule has 1 N–H and O–H groups in total. The second kappa shape index (κ2) is 7.00. The Hall–Kier alpha value is -2.47. The number of hydrogen-bond acceptors (Lipinski definition) is 4. The number of pyridine rings is 1. The van der Waals surface area contributed by atoms with Gasteiger partial charge < -0.3 is 9.67 Å². The molecule has 0 saturated carbocycles. The fourth-order valence-electron chi connectivity index (χ4n) is 2.29. The highest BCUT2D eigenvalue weighted by atomic mass is 16.6. The summed E-state index contributed by atoms with van der Waals surface area (Å²) in [6, 6.07) is 9.47. The Morgan fingerprint density at radius 3 is 2.41 bits per heavy atom. The fourth-order valence-corrected chi connectivity index (χ4v) is 2.29. The van der Waals surface area contributed by atoms with E-state index in [0.717, 1.165) is 18.4 Å². The number of rotatable bonds is 6. The molecule has 0 aliphatic rings. The molecule has 0 atom stereocenters. The van der Waals surface area contributed by atoms with Gasteiger partial charge in [0.1, 0.15) is 0 Å². The smallest absolute Gasteiger partial charge is 0.269 e. The van der Waals surface area contributed by atoms with E-state index in [-0.39, 0.29) is 17.9 Å². The number of aliphatic hydroxyl groups excluding tert-OH is 1. The number of unbranched alkanes of at least 4 members (excludes halogenated alkanes) is 1. The Morgan fingerprint density at radius 2 is 1.86 bits per heavy atom. The Balaban J connectivity index is 2.51. The number of benzene rings is 1. The van der Waals surface area contributed by atoms with Gasteiger partial charge in [0.05, 0.1) is 17.2 Å². The minimum atomic E-state index is -0.456. The van der Waals surface area contributed by atoms with E-state index in [0.29, 0.717) is 17.8 Å². The Bertz CT molecular complexity index is 720. The van der Waals surface area contributed by atoms with Gasteiger partial charge in [0.15, 0.2) is 0 Å². The molecule has 1 aromatic carbocycles. The second-order valence-corrected chi connectivity index (χ2v) is 5.02. The number of non-ortho nitro benzene ring substituents is 1. The third-order valence-corrected chi connectivity index (χ3v) is 3.53. The molecule has 0 unspecified atom stereocenters. The fraction of sp³-hybridized carbons (Fsp3) is 0.312. The van der Waals surface area contributed by atoms with Gasteiger partial charge in [-0.1, -0.05) is 13.3 Å². The van der Waals surface area contributed by atoms with E-state index < -0.39 is 4.92 Å². The zero-order chi connectivity index (χ0) is 16.1. The zero-order valence-electron chi connectivity index (χ0n) is 12.4. The predicted molar refractivity (Wildman–Crippen MR) is 83.6 cm³/mol. The molecular weight excluding hydrogens is 284 g/mol. The number of aliphatic hydroxyl groups is 1. The van der Waals surface area contributed by atoms with Crippen LogP contribution in [0.4, 0.5) is 5.69 Å². The van der Waals surface area contributed by atoms with Crippen molar-refractivity contribution in [1.29, 1.82) is 0 Å². The van der Waals surface area contributed by atoms with Crippen LogP contribution < -0.4 is 5.56 Å². The Kier molecular flexibility index (Phi) is 5.06. The van der Waals surface area contributed by atoms with Crippen LogP contribution in [0.5, 0.6) is 0 Å². The number of nitrogens with zero attached hydrogens (tertiary/aromatic N) is 2. The normalized spacial score (nSPS) is 10.6. The van der Waals surface area contributed by atoms with Crippen molar-refractivity contribution < 1.29 is 10.0 Å². The molecule has 0 amide bonds. The minimum Gasteiger partial charge on any atom is -0.391 e. The van der Waals surface area contributed by atoms with Gasteiger partial charge in [-0.3, -0.25) is 14.9 Å². The molecule has 22 heavy (non-hydrogen) atoms. The molecule has 0 bridgehead atoms. The first kappa shape index (κ1) is 15.9. The van der Waals surface area contributed by atoms with Gasteiger partial charge in [0, 0.05) is 24.2 Å². The van der Waals surface area contributed by atoms with E-state index in [1.165, 1.54) is 12.1 Å². The molecule has 116 valence electrons. The topological polar surface area (TPSA) is 85.4 Å². The van der Waals surface area contributed by atoms with Gasteiger partial charge in [-0.25, -0.2) is 0 Å². The molecule has 6 heteroatoms. The standard InChI is InChI=1S/C16H18N2O4/c1-2-3-10-17-15(9-6-13(11-19)16(17)20)12-4-7-14(8-5-12)18(21)22/h4-9,19H,2-3,10-11H2,1H3. The largest absolute Gasteiger partial charge is 0.391 e. The van der Waals surface area contributed by atoms with Crippen molar-refractivity contribution in [3.05, 3.63) is 62.4 Å². The molecule has 0 saturated heterocycles. The highest BCUT2D eigenvalue weighted by Gasteiger charge is 2.11. The van der Waals surface area contributed by atoms with Crippen molar-refractivity contribution in [1.82, 2.24) is 4.57 Å². The van der Waals surface area contributed by atoms with Crippen molar-refractivity contribution in [2.24, 2.45) is 0 Å². The van der Waals surface area contributed by atoms with E-state index in [1.54, 1.807) is 28.8 Å². The summed E-state index contributed by atoms with van der Waals surface area (Å²) in [6.07, 6.45) is 1.78. The van der Waals surface area contributed by atoms with E-state index in [1.807, 2.05) is 6.92 Å². The molecule has 0 spiro atoms. The summed E-state index contributed by atoms with van der Waals surface area (Å²) < 4.78 is 1.62. The maximum atomic E-state index is 12.4. The lowest BCUT2D eigenvalue weighted by Gasteiger charge is -2.14. The molecular formula is C16H18N2O4. The van der Waals surface area contributed by atoms with Crippen molar-refractivity contribution in [3.8, 4) is 11.3 Å². The molecule has 0 aliphatic heterocycles. The summed E-state index contributed by atoms with van der Waals surface area (Å²) in [5, 5.41) is 20.0. The van der Waals surface area contributed by atoms with Crippen molar-refractivity contribution in [2.75, 3.05) is 0 Å². The minimum absolute atomic E-state index is 0.0122. The lowest BCUT2D eigenvalue weighted by Crippen LogP contribution is -2.25. The summed E-state index contributed by atoms with van der Waals surface area (Å²) in [7, 11) is 0. The van der Waals surface area contributed by atoms with Gasteiger partial charge in [0.2, 0.25) is 0 Å². The number of aromatic nitrogens is 1. The lowest BCUT2D eigenvalue weighted by atomic mass is 10.1. The van der Waals surface area contributed by atoms with Gasteiger partial charge in [-0.15, -0.1) is 0 Å². The number of nitro benzene ring substituents is 1. The first-order chi connectivity index (χ1) is 10.6. The molecule has 0 fully saturated rings. The van der Waals surface area contributed by atoms with Gasteiger partial charge >= 0.3 is 0 Å². The van der Waals surface area contributed by atoms with Gasteiger partial charge in [-0.05, 0) is 36.2 Å². The second-order valence-electron chi connectivity index (χ2n) is 5.02. The van der Waals surface area contributed by atoms with Crippen molar-refractivity contribution >= 4 is 5.69 Å². The molecule has 1 heterocycles. The summed E-state index contributed by atoms with van der Waals surface area (Å²) in [4.78, 5) is 22.6. The molecule has 0 aliphatic carbocycles. The van der Waals surface area contributed by atoms with Crippen LogP contribution in [0.25, 0.3) is 11.3 Å². The molecule has 2 aromatic rings. The average Bonchev–Trinajstić information content (AvgIpc) is 2.53. The molecule has 2 rings (SSSR count). The van der Waals surface area contributed by atoms with Gasteiger partial charge in [-0.2, -0.15) is 0 Å². The molecule has 0 radical (unpaired) electrons. The van der Waals surface area contributed by atoms with E-state index in [2.05, 4.69) is 0 Å². The quantitative estimate of drug-likeness (QED) is 0.656. The van der Waals surface area contributed by atoms with Crippen LogP contribution in [-0.2, 0) is 13.2 Å².